The molecule has 0 N–H and O–H groups in total. The van der Waals surface area contributed by atoms with Gasteiger partial charge in [0.25, 0.3) is 0 Å². The predicted molar refractivity (Wildman–Crippen MR) is 37.7 cm³/mol. The third-order valence-electron chi connectivity index (χ3n) is 1.68. The Hall–Kier alpha value is -1.00. The van der Waals surface area contributed by atoms with Crippen LogP contribution in [0, 0.1) is 6.92 Å². The molecule has 0 bridgehead atoms. The molecule has 0 unspecified atom stereocenters. The largest absolute Gasteiger partial charge is 0.396 e. The van der Waals surface area contributed by atoms with Crippen molar-refractivity contribution in [1.82, 2.24) is 9.55 Å². The second-order valence-corrected chi connectivity index (χ2v) is 2.67. The maximum absolute atomic E-state index is 11.9. The molecule has 0 radical (unpaired) electrons. The van der Waals surface area contributed by atoms with Crippen molar-refractivity contribution in [1.29, 1.82) is 0 Å². The van der Waals surface area contributed by atoms with Crippen LogP contribution in [0.4, 0.5) is 13.2 Å². The monoisotopic (exact) mass is 178 g/mol. The van der Waals surface area contributed by atoms with Crippen LogP contribution in [0.5, 0.6) is 0 Å². The molecule has 1 heterocycles. The van der Waals surface area contributed by atoms with Gasteiger partial charge in [0, 0.05) is 18.9 Å². The van der Waals surface area contributed by atoms with Gasteiger partial charge >= 0.3 is 6.18 Å². The fraction of sp³-hybridized carbons (Fsp3) is 0.571. The number of hydrogen-bond donors (Lipinski definition) is 0. The zero-order valence-corrected chi connectivity index (χ0v) is 6.81. The second kappa shape index (κ2) is 2.80. The Morgan fingerprint density at radius 3 is 2.42 bits per heavy atom. The summed E-state index contributed by atoms with van der Waals surface area (Å²) in [4.78, 5) is 3.64. The molecule has 1 aromatic rings. The Morgan fingerprint density at radius 1 is 1.50 bits per heavy atom. The van der Waals surface area contributed by atoms with Crippen LogP contribution in [0.3, 0.4) is 0 Å². The number of halogens is 3. The van der Waals surface area contributed by atoms with Crippen LogP contribution < -0.4 is 0 Å². The van der Waals surface area contributed by atoms with Crippen LogP contribution in [-0.4, -0.2) is 15.7 Å². The molecular weight excluding hydrogens is 169 g/mol. The lowest BCUT2D eigenvalue weighted by atomic mass is 10.4. The molecule has 0 aliphatic heterocycles. The maximum atomic E-state index is 11.9. The van der Waals surface area contributed by atoms with Crippen LogP contribution in [-0.2, 0) is 13.5 Å². The summed E-state index contributed by atoms with van der Waals surface area (Å²) in [5.74, 6) is 0.0556. The summed E-state index contributed by atoms with van der Waals surface area (Å²) in [7, 11) is 1.57. The Balaban J connectivity index is 2.83. The van der Waals surface area contributed by atoms with E-state index >= 15 is 0 Å². The first-order valence-corrected chi connectivity index (χ1v) is 3.44. The van der Waals surface area contributed by atoms with Crippen LogP contribution >= 0.6 is 0 Å². The second-order valence-electron chi connectivity index (χ2n) is 2.67. The first kappa shape index (κ1) is 9.09. The SMILES string of the molecule is Cc1cnc(CC(F)(F)F)n1C. The van der Waals surface area contributed by atoms with Crippen molar-refractivity contribution in [3.05, 3.63) is 17.7 Å². The van der Waals surface area contributed by atoms with E-state index in [1.807, 2.05) is 0 Å². The molecule has 0 spiro atoms. The molecule has 2 nitrogen and oxygen atoms in total. The number of alkyl halides is 3. The highest BCUT2D eigenvalue weighted by atomic mass is 19.4. The first-order valence-electron chi connectivity index (χ1n) is 3.44. The minimum absolute atomic E-state index is 0.0556. The quantitative estimate of drug-likeness (QED) is 0.641. The van der Waals surface area contributed by atoms with Crippen molar-refractivity contribution in [2.24, 2.45) is 7.05 Å². The average Bonchev–Trinajstić information content (AvgIpc) is 2.16. The molecule has 0 saturated carbocycles. The normalized spacial score (nSPS) is 12.1. The molecular formula is C7H9F3N2. The topological polar surface area (TPSA) is 17.8 Å². The average molecular weight is 178 g/mol. The molecule has 0 amide bonds. The van der Waals surface area contributed by atoms with Gasteiger partial charge in [0.15, 0.2) is 0 Å². The van der Waals surface area contributed by atoms with Gasteiger partial charge in [-0.1, -0.05) is 0 Å². The van der Waals surface area contributed by atoms with Crippen molar-refractivity contribution in [3.8, 4) is 0 Å². The number of aryl methyl sites for hydroxylation is 1. The van der Waals surface area contributed by atoms with Crippen molar-refractivity contribution in [2.45, 2.75) is 19.5 Å². The van der Waals surface area contributed by atoms with Gasteiger partial charge in [-0.3, -0.25) is 0 Å². The van der Waals surface area contributed by atoms with Crippen molar-refractivity contribution in [3.63, 3.8) is 0 Å². The van der Waals surface area contributed by atoms with E-state index in [-0.39, 0.29) is 5.82 Å². The fourth-order valence-corrected chi connectivity index (χ4v) is 0.888. The van der Waals surface area contributed by atoms with E-state index in [4.69, 9.17) is 0 Å². The highest BCUT2D eigenvalue weighted by Crippen LogP contribution is 2.20. The minimum Gasteiger partial charge on any atom is -0.335 e. The number of imidazole rings is 1. The van der Waals surface area contributed by atoms with E-state index in [1.165, 1.54) is 10.8 Å². The van der Waals surface area contributed by atoms with Crippen LogP contribution in [0.1, 0.15) is 11.5 Å². The van der Waals surface area contributed by atoms with Crippen molar-refractivity contribution < 1.29 is 13.2 Å². The number of hydrogen-bond acceptors (Lipinski definition) is 1. The Kier molecular flexibility index (Phi) is 2.12. The summed E-state index contributed by atoms with van der Waals surface area (Å²) in [6, 6.07) is 0. The molecule has 1 aromatic heterocycles. The Bertz CT molecular complexity index is 275. The van der Waals surface area contributed by atoms with Gasteiger partial charge in [0.05, 0.1) is 0 Å². The highest BCUT2D eigenvalue weighted by molar-refractivity contribution is 5.03. The molecule has 0 aliphatic rings. The van der Waals surface area contributed by atoms with Gasteiger partial charge in [-0.25, -0.2) is 4.98 Å². The molecule has 0 aromatic carbocycles. The summed E-state index contributed by atoms with van der Waals surface area (Å²) in [5, 5.41) is 0. The summed E-state index contributed by atoms with van der Waals surface area (Å²) in [5.41, 5.74) is 0.731. The van der Waals surface area contributed by atoms with E-state index < -0.39 is 12.6 Å². The van der Waals surface area contributed by atoms with E-state index in [1.54, 1.807) is 14.0 Å². The Labute approximate surface area is 68.0 Å². The molecule has 0 saturated heterocycles. The van der Waals surface area contributed by atoms with Crippen LogP contribution in [0.2, 0.25) is 0 Å². The fourth-order valence-electron chi connectivity index (χ4n) is 0.888. The lowest BCUT2D eigenvalue weighted by Crippen LogP contribution is -2.15. The first-order chi connectivity index (χ1) is 5.40. The maximum Gasteiger partial charge on any atom is 0.396 e. The number of nitrogens with zero attached hydrogens (tertiary/aromatic N) is 2. The third kappa shape index (κ3) is 1.99. The van der Waals surface area contributed by atoms with E-state index in [0.717, 1.165) is 5.69 Å². The van der Waals surface area contributed by atoms with Crippen molar-refractivity contribution in [2.75, 3.05) is 0 Å². The number of aromatic nitrogens is 2. The molecule has 68 valence electrons. The molecule has 12 heavy (non-hydrogen) atoms. The number of rotatable bonds is 1. The Morgan fingerprint density at radius 2 is 2.08 bits per heavy atom. The lowest BCUT2D eigenvalue weighted by molar-refractivity contribution is -0.128. The highest BCUT2D eigenvalue weighted by Gasteiger charge is 2.29. The zero-order chi connectivity index (χ0) is 9.35. The molecule has 1 rings (SSSR count). The van der Waals surface area contributed by atoms with E-state index in [0.29, 0.717) is 0 Å². The lowest BCUT2D eigenvalue weighted by Gasteiger charge is -2.06. The van der Waals surface area contributed by atoms with Crippen molar-refractivity contribution >= 4 is 0 Å². The van der Waals surface area contributed by atoms with Gasteiger partial charge in [0.1, 0.15) is 12.2 Å². The summed E-state index contributed by atoms with van der Waals surface area (Å²) >= 11 is 0. The van der Waals surface area contributed by atoms with Gasteiger partial charge < -0.3 is 4.57 Å². The molecule has 0 aliphatic carbocycles. The summed E-state index contributed by atoms with van der Waals surface area (Å²) in [6.45, 7) is 1.72. The van der Waals surface area contributed by atoms with Gasteiger partial charge in [-0.2, -0.15) is 13.2 Å². The van der Waals surface area contributed by atoms with E-state index in [2.05, 4.69) is 4.98 Å². The predicted octanol–water partition coefficient (Wildman–Crippen LogP) is 1.83. The van der Waals surface area contributed by atoms with E-state index in [9.17, 15) is 13.2 Å². The molecule has 0 atom stereocenters. The van der Waals surface area contributed by atoms with Gasteiger partial charge in [-0.15, -0.1) is 0 Å². The summed E-state index contributed by atoms with van der Waals surface area (Å²) in [6.07, 6.45) is -3.70. The van der Waals surface area contributed by atoms with Crippen LogP contribution in [0.15, 0.2) is 6.20 Å². The van der Waals surface area contributed by atoms with Gasteiger partial charge in [0.2, 0.25) is 0 Å². The summed E-state index contributed by atoms with van der Waals surface area (Å²) < 4.78 is 37.1. The standard InChI is InChI=1S/C7H9F3N2/c1-5-4-11-6(12(5)2)3-7(8,9)10/h4H,3H2,1-2H3. The van der Waals surface area contributed by atoms with Gasteiger partial charge in [-0.05, 0) is 6.92 Å². The zero-order valence-electron chi connectivity index (χ0n) is 6.81. The smallest absolute Gasteiger partial charge is 0.335 e. The minimum atomic E-state index is -4.18. The third-order valence-corrected chi connectivity index (χ3v) is 1.68. The molecule has 5 heteroatoms. The van der Waals surface area contributed by atoms with Crippen LogP contribution in [0.25, 0.3) is 0 Å². The molecule has 0 fully saturated rings.